The zero-order valence-electron chi connectivity index (χ0n) is 36.3. The molecule has 0 bridgehead atoms. The number of carboxylic acids is 1. The molecule has 6 rings (SSSR count). The first kappa shape index (κ1) is 68.0. The predicted octanol–water partition coefficient (Wildman–Crippen LogP) is 3.79. The number of aromatic carboxylic acids is 1. The first-order chi connectivity index (χ1) is 28.9. The maximum atomic E-state index is 11.6. The maximum Gasteiger partial charge on any atom is 1.00 e. The number of carbonyl (C=O) groups is 3. The number of carbonyl (C=O) groups excluding carboxylic acids is 8. The van der Waals surface area contributed by atoms with Crippen molar-refractivity contribution in [3.05, 3.63) is 159 Å². The van der Waals surface area contributed by atoms with Crippen LogP contribution in [0.3, 0.4) is 0 Å². The SMILES string of the molecule is C.C.C.Cc1ccc(C(=O)NN)cc1-n1c(C)ccc1C.Cc1ccc(C(=O)O)cc1-n1c(C)ccc1C.Cc1ccc(C)n1-c1cccc(C(=O)NN)c1.O=C=O.O=C=O.O=C=O.[Na+].[OH-]. The van der Waals surface area contributed by atoms with E-state index < -0.39 is 5.97 Å². The van der Waals surface area contributed by atoms with Gasteiger partial charge in [0.25, 0.3) is 11.8 Å². The van der Waals surface area contributed by atoms with Crippen LogP contribution in [-0.4, -0.2) is 60.5 Å². The Labute approximate surface area is 407 Å². The van der Waals surface area contributed by atoms with Crippen molar-refractivity contribution in [3.8, 4) is 17.1 Å². The van der Waals surface area contributed by atoms with Gasteiger partial charge in [-0.2, -0.15) is 28.8 Å². The van der Waals surface area contributed by atoms with Gasteiger partial charge in [0.2, 0.25) is 0 Å². The van der Waals surface area contributed by atoms with Crippen LogP contribution in [0.2, 0.25) is 0 Å². The molecule has 2 amide bonds. The van der Waals surface area contributed by atoms with Crippen molar-refractivity contribution in [2.75, 3.05) is 0 Å². The summed E-state index contributed by atoms with van der Waals surface area (Å²) in [4.78, 5) is 82.8. The summed E-state index contributed by atoms with van der Waals surface area (Å²) in [6, 6.07) is 30.4. The summed E-state index contributed by atoms with van der Waals surface area (Å²) < 4.78 is 6.29. The van der Waals surface area contributed by atoms with E-state index in [1.54, 1.807) is 24.3 Å². The number of hydrazine groups is 2. The molecular weight excluding hydrogens is 862 g/mol. The minimum atomic E-state index is -0.895. The Morgan fingerprint density at radius 3 is 1.08 bits per heavy atom. The minimum absolute atomic E-state index is 0. The van der Waals surface area contributed by atoms with E-state index in [-0.39, 0.29) is 87.6 Å². The number of amides is 2. The van der Waals surface area contributed by atoms with Crippen LogP contribution < -0.4 is 52.1 Å². The van der Waals surface area contributed by atoms with Gasteiger partial charge < -0.3 is 24.3 Å². The second-order valence-corrected chi connectivity index (χ2v) is 12.9. The first-order valence-corrected chi connectivity index (χ1v) is 17.9. The minimum Gasteiger partial charge on any atom is -0.870 e. The van der Waals surface area contributed by atoms with E-state index in [2.05, 4.69) is 36.7 Å². The number of hydrogen-bond acceptors (Lipinski definition) is 12. The number of nitrogen functional groups attached to an aromatic ring is 2. The normalized spacial score (nSPS) is 8.58. The molecule has 0 saturated carbocycles. The standard InChI is InChI=1S/C14H17N3O.C14H15NO2.C13H15N3O.3CO2.3CH4.Na.H2O/c1-9-4-7-12(14(18)16-15)8-13(9)17-10(2)5-6-11(17)3;1-9-4-7-12(14(16)17)8-13(9)15-10(2)5-6-11(15)3;1-9-6-7-10(2)16(9)12-5-3-4-11(8-12)13(17)15-14;3*2-1-3;;;;;/h4-8H,15H2,1-3H3,(H,16,18);4-8H,1-3H3,(H,16,17);3-8H,14H2,1-2H3,(H,15,17);;;;3*1H4;;1H2/q;;;;;;;;;+1;/p-1. The topological polar surface area (TPSA) is 295 Å². The van der Waals surface area contributed by atoms with E-state index in [1.165, 1.54) is 0 Å². The maximum absolute atomic E-state index is 11.6. The number of nitrogens with two attached hydrogens (primary N) is 2. The van der Waals surface area contributed by atoms with E-state index in [0.717, 1.165) is 62.4 Å². The molecule has 0 unspecified atom stereocenters. The van der Waals surface area contributed by atoms with Gasteiger partial charge >= 0.3 is 54.0 Å². The van der Waals surface area contributed by atoms with Gasteiger partial charge in [-0.1, -0.05) is 40.5 Å². The van der Waals surface area contributed by atoms with E-state index in [1.807, 2.05) is 116 Å². The van der Waals surface area contributed by atoms with Crippen LogP contribution in [0.25, 0.3) is 17.1 Å². The molecule has 19 heteroatoms. The summed E-state index contributed by atoms with van der Waals surface area (Å²) in [5.41, 5.74) is 17.6. The van der Waals surface area contributed by atoms with Crippen LogP contribution in [0.15, 0.2) is 97.1 Å². The molecule has 0 fully saturated rings. The molecule has 8 N–H and O–H groups in total. The average Bonchev–Trinajstić information content (AvgIpc) is 3.88. The summed E-state index contributed by atoms with van der Waals surface area (Å²) in [6.07, 6.45) is 0.750. The van der Waals surface area contributed by atoms with E-state index in [0.29, 0.717) is 16.7 Å². The molecule has 0 atom stereocenters. The summed E-state index contributed by atoms with van der Waals surface area (Å²) in [5.74, 6) is 8.83. The van der Waals surface area contributed by atoms with Gasteiger partial charge in [-0.25, -0.2) is 16.5 Å². The first-order valence-electron chi connectivity index (χ1n) is 17.9. The van der Waals surface area contributed by atoms with Gasteiger partial charge in [0.1, 0.15) is 0 Å². The van der Waals surface area contributed by atoms with Crippen molar-refractivity contribution in [2.24, 2.45) is 11.7 Å². The molecule has 6 aromatic rings. The Kier molecular flexibility index (Phi) is 35.4. The third kappa shape index (κ3) is 19.4. The molecule has 3 aromatic carbocycles. The third-order valence-corrected chi connectivity index (χ3v) is 8.85. The van der Waals surface area contributed by atoms with Crippen molar-refractivity contribution in [1.82, 2.24) is 24.6 Å². The Morgan fingerprint density at radius 2 is 0.758 bits per heavy atom. The molecule has 3 heterocycles. The molecule has 0 saturated heterocycles. The molecule has 0 radical (unpaired) electrons. The number of benzene rings is 3. The van der Waals surface area contributed by atoms with Gasteiger partial charge in [0.15, 0.2) is 0 Å². The zero-order chi connectivity index (χ0) is 46.4. The molecule has 3 aromatic heterocycles. The fourth-order valence-electron chi connectivity index (χ4n) is 6.10. The fraction of sp³-hybridized carbons (Fsp3) is 0.234. The summed E-state index contributed by atoms with van der Waals surface area (Å²) in [6.45, 7) is 16.2. The molecule has 0 spiro atoms. The summed E-state index contributed by atoms with van der Waals surface area (Å²) in [7, 11) is 0. The average molecular weight is 922 g/mol. The predicted molar refractivity (Wildman–Crippen MR) is 243 cm³/mol. The van der Waals surface area contributed by atoms with Crippen molar-refractivity contribution >= 4 is 36.2 Å². The molecule has 0 aliphatic rings. The van der Waals surface area contributed by atoms with Gasteiger partial charge in [-0.05, 0) is 145 Å². The third-order valence-electron chi connectivity index (χ3n) is 8.85. The van der Waals surface area contributed by atoms with Crippen LogP contribution in [0.5, 0.6) is 0 Å². The summed E-state index contributed by atoms with van der Waals surface area (Å²) in [5, 5.41) is 9.03. The van der Waals surface area contributed by atoms with E-state index >= 15 is 0 Å². The molecule has 0 aliphatic heterocycles. The largest absolute Gasteiger partial charge is 1.00 e. The number of nitrogens with zero attached hydrogens (tertiary/aromatic N) is 3. The smallest absolute Gasteiger partial charge is 0.870 e. The van der Waals surface area contributed by atoms with Crippen LogP contribution >= 0.6 is 0 Å². The van der Waals surface area contributed by atoms with Crippen molar-refractivity contribution < 1.29 is 83.3 Å². The van der Waals surface area contributed by atoms with E-state index in [4.69, 9.17) is 45.6 Å². The number of aryl methyl sites for hydroxylation is 8. The van der Waals surface area contributed by atoms with Crippen LogP contribution in [0.1, 0.15) is 98.6 Å². The number of aromatic nitrogens is 3. The Bertz CT molecular complexity index is 2470. The van der Waals surface area contributed by atoms with Crippen molar-refractivity contribution in [2.45, 2.75) is 77.7 Å². The number of hydrogen-bond donors (Lipinski definition) is 5. The van der Waals surface area contributed by atoms with Crippen molar-refractivity contribution in [1.29, 1.82) is 0 Å². The fourth-order valence-corrected chi connectivity index (χ4v) is 6.10. The van der Waals surface area contributed by atoms with Crippen molar-refractivity contribution in [3.63, 3.8) is 0 Å². The zero-order valence-corrected chi connectivity index (χ0v) is 38.3. The van der Waals surface area contributed by atoms with Gasteiger partial charge in [-0.3, -0.25) is 20.4 Å². The van der Waals surface area contributed by atoms with E-state index in [9.17, 15) is 14.4 Å². The molecule has 350 valence electrons. The number of rotatable bonds is 6. The van der Waals surface area contributed by atoms with Gasteiger partial charge in [0.05, 0.1) is 5.56 Å². The van der Waals surface area contributed by atoms with Crippen LogP contribution in [-0.2, 0) is 28.8 Å². The number of carboxylic acid groups (broad SMARTS) is 1. The molecule has 0 aliphatic carbocycles. The van der Waals surface area contributed by atoms with Crippen LogP contribution in [0.4, 0.5) is 0 Å². The second-order valence-electron chi connectivity index (χ2n) is 12.9. The molecule has 18 nitrogen and oxygen atoms in total. The monoisotopic (exact) mass is 921 g/mol. The quantitative estimate of drug-likeness (QED) is 0.0689. The Morgan fingerprint density at radius 1 is 0.470 bits per heavy atom. The molecule has 66 heavy (non-hydrogen) atoms. The Balaban J connectivity index is -0.000000249. The second kappa shape index (κ2) is 34.4. The number of nitrogens with one attached hydrogen (secondary N) is 2. The van der Waals surface area contributed by atoms with Crippen LogP contribution in [0, 0.1) is 55.4 Å². The Hall–Kier alpha value is -7.07. The molecular formula is C47H60N7NaO11. The van der Waals surface area contributed by atoms with Gasteiger partial charge in [-0.15, -0.1) is 0 Å². The van der Waals surface area contributed by atoms with Gasteiger partial charge in [0, 0.05) is 62.4 Å². The summed E-state index contributed by atoms with van der Waals surface area (Å²) >= 11 is 0.